The van der Waals surface area contributed by atoms with Gasteiger partial charge in [-0.25, -0.2) is 4.79 Å². The zero-order valence-corrected chi connectivity index (χ0v) is 8.02. The summed E-state index contributed by atoms with van der Waals surface area (Å²) >= 11 is 0. The van der Waals surface area contributed by atoms with Gasteiger partial charge in [0.15, 0.2) is 0 Å². The van der Waals surface area contributed by atoms with Crippen LogP contribution < -0.4 is 0 Å². The zero-order valence-electron chi connectivity index (χ0n) is 8.02. The van der Waals surface area contributed by atoms with Crippen LogP contribution >= 0.6 is 0 Å². The lowest BCUT2D eigenvalue weighted by molar-refractivity contribution is -0.135. The first-order valence-electron chi connectivity index (χ1n) is 4.26. The van der Waals surface area contributed by atoms with E-state index in [1.54, 1.807) is 0 Å². The van der Waals surface area contributed by atoms with Crippen molar-refractivity contribution >= 4 is 5.97 Å². The molecule has 12 heavy (non-hydrogen) atoms. The molecule has 0 aromatic carbocycles. The van der Waals surface area contributed by atoms with Gasteiger partial charge >= 0.3 is 5.97 Å². The highest BCUT2D eigenvalue weighted by molar-refractivity contribution is 5.90. The van der Waals surface area contributed by atoms with E-state index in [9.17, 15) is 4.79 Å². The van der Waals surface area contributed by atoms with Gasteiger partial charge < -0.3 is 4.74 Å². The maximum atomic E-state index is 10.9. The maximum absolute atomic E-state index is 10.9. The molecule has 0 saturated carbocycles. The fourth-order valence-electron chi connectivity index (χ4n) is 1.46. The Morgan fingerprint density at radius 2 is 2.17 bits per heavy atom. The van der Waals surface area contributed by atoms with Crippen LogP contribution in [0.25, 0.3) is 0 Å². The Kier molecular flexibility index (Phi) is 2.27. The fourth-order valence-corrected chi connectivity index (χ4v) is 1.46. The van der Waals surface area contributed by atoms with E-state index >= 15 is 0 Å². The van der Waals surface area contributed by atoms with Crippen LogP contribution in [0.3, 0.4) is 0 Å². The molecule has 1 saturated heterocycles. The summed E-state index contributed by atoms with van der Waals surface area (Å²) in [6.07, 6.45) is 0.970. The molecule has 1 unspecified atom stereocenters. The standard InChI is InChI=1S/C10H16O2/c1-7-8(5-10(2,3)4)6-12-9(7)11/h8H,1,5-6H2,2-4H3. The van der Waals surface area contributed by atoms with Gasteiger partial charge in [-0.3, -0.25) is 0 Å². The Labute approximate surface area is 73.6 Å². The van der Waals surface area contributed by atoms with Crippen molar-refractivity contribution in [1.29, 1.82) is 0 Å². The minimum atomic E-state index is -0.218. The highest BCUT2D eigenvalue weighted by Crippen LogP contribution is 2.32. The van der Waals surface area contributed by atoms with E-state index in [-0.39, 0.29) is 17.3 Å². The number of carbonyl (C=O) groups is 1. The molecule has 0 bridgehead atoms. The number of esters is 1. The van der Waals surface area contributed by atoms with Crippen molar-refractivity contribution < 1.29 is 9.53 Å². The van der Waals surface area contributed by atoms with Crippen LogP contribution in [0.2, 0.25) is 0 Å². The lowest BCUT2D eigenvalue weighted by atomic mass is 9.83. The molecule has 1 heterocycles. The fraction of sp³-hybridized carbons (Fsp3) is 0.700. The van der Waals surface area contributed by atoms with Crippen molar-refractivity contribution in [1.82, 2.24) is 0 Å². The predicted molar refractivity (Wildman–Crippen MR) is 47.7 cm³/mol. The first-order chi connectivity index (χ1) is 5.40. The second kappa shape index (κ2) is 2.92. The van der Waals surface area contributed by atoms with Gasteiger partial charge in [0.1, 0.15) is 0 Å². The number of carbonyl (C=O) groups excluding carboxylic acids is 1. The molecule has 1 fully saturated rings. The van der Waals surface area contributed by atoms with Crippen molar-refractivity contribution in [2.24, 2.45) is 11.3 Å². The molecule has 68 valence electrons. The smallest absolute Gasteiger partial charge is 0.333 e. The molecule has 2 nitrogen and oxygen atoms in total. The third kappa shape index (κ3) is 2.10. The molecule has 0 aromatic heterocycles. The molecule has 1 aliphatic rings. The van der Waals surface area contributed by atoms with E-state index < -0.39 is 0 Å². The molecule has 0 spiro atoms. The van der Waals surface area contributed by atoms with Crippen molar-refractivity contribution in [3.05, 3.63) is 12.2 Å². The monoisotopic (exact) mass is 168 g/mol. The summed E-state index contributed by atoms with van der Waals surface area (Å²) in [5.74, 6) is 0.0155. The summed E-state index contributed by atoms with van der Waals surface area (Å²) in [6.45, 7) is 10.7. The van der Waals surface area contributed by atoms with Crippen LogP contribution in [-0.4, -0.2) is 12.6 Å². The molecule has 2 heteroatoms. The van der Waals surface area contributed by atoms with E-state index in [4.69, 9.17) is 4.74 Å². The third-order valence-corrected chi connectivity index (χ3v) is 2.03. The SMILES string of the molecule is C=C1C(=O)OCC1CC(C)(C)C. The average Bonchev–Trinajstić information content (AvgIpc) is 2.16. The number of rotatable bonds is 1. The van der Waals surface area contributed by atoms with Crippen molar-refractivity contribution in [3.8, 4) is 0 Å². The second-order valence-corrected chi connectivity index (χ2v) is 4.59. The summed E-state index contributed by atoms with van der Waals surface area (Å²) in [5, 5.41) is 0. The Morgan fingerprint density at radius 3 is 2.50 bits per heavy atom. The van der Waals surface area contributed by atoms with E-state index in [0.29, 0.717) is 12.2 Å². The zero-order chi connectivity index (χ0) is 9.35. The first kappa shape index (κ1) is 9.30. The molecule has 1 atom stereocenters. The van der Waals surface area contributed by atoms with Crippen molar-refractivity contribution in [2.75, 3.05) is 6.61 Å². The van der Waals surface area contributed by atoms with Crippen LogP contribution in [0.4, 0.5) is 0 Å². The summed E-state index contributed by atoms with van der Waals surface area (Å²) in [7, 11) is 0. The van der Waals surface area contributed by atoms with Crippen molar-refractivity contribution in [2.45, 2.75) is 27.2 Å². The van der Waals surface area contributed by atoms with Gasteiger partial charge in [-0.1, -0.05) is 27.4 Å². The van der Waals surface area contributed by atoms with Gasteiger partial charge in [0.05, 0.1) is 6.61 Å². The highest BCUT2D eigenvalue weighted by atomic mass is 16.5. The number of hydrogen-bond donors (Lipinski definition) is 0. The second-order valence-electron chi connectivity index (χ2n) is 4.59. The first-order valence-corrected chi connectivity index (χ1v) is 4.26. The molecule has 0 aromatic rings. The van der Waals surface area contributed by atoms with E-state index in [1.165, 1.54) is 0 Å². The Balaban J connectivity index is 2.56. The molecule has 0 amide bonds. The van der Waals surface area contributed by atoms with Crippen LogP contribution in [-0.2, 0) is 9.53 Å². The van der Waals surface area contributed by atoms with Gasteiger partial charge in [0.2, 0.25) is 0 Å². The lowest BCUT2D eigenvalue weighted by Gasteiger charge is -2.21. The largest absolute Gasteiger partial charge is 0.462 e. The molecule has 0 aliphatic carbocycles. The average molecular weight is 168 g/mol. The van der Waals surface area contributed by atoms with Gasteiger partial charge in [0.25, 0.3) is 0 Å². The van der Waals surface area contributed by atoms with Gasteiger partial charge in [-0.15, -0.1) is 0 Å². The summed E-state index contributed by atoms with van der Waals surface area (Å²) < 4.78 is 4.89. The summed E-state index contributed by atoms with van der Waals surface area (Å²) in [6, 6.07) is 0. The molecule has 1 rings (SSSR count). The maximum Gasteiger partial charge on any atom is 0.333 e. The lowest BCUT2D eigenvalue weighted by Crippen LogP contribution is -2.14. The van der Waals surface area contributed by atoms with E-state index in [0.717, 1.165) is 6.42 Å². The van der Waals surface area contributed by atoms with Gasteiger partial charge in [-0.2, -0.15) is 0 Å². The normalized spacial score (nSPS) is 24.4. The number of cyclic esters (lactones) is 1. The minimum Gasteiger partial charge on any atom is -0.462 e. The van der Waals surface area contributed by atoms with Crippen LogP contribution in [0, 0.1) is 11.3 Å². The topological polar surface area (TPSA) is 26.3 Å². The van der Waals surface area contributed by atoms with E-state index in [2.05, 4.69) is 27.4 Å². The van der Waals surface area contributed by atoms with Crippen LogP contribution in [0.15, 0.2) is 12.2 Å². The predicted octanol–water partition coefficient (Wildman–Crippen LogP) is 2.15. The molecular weight excluding hydrogens is 152 g/mol. The van der Waals surface area contributed by atoms with Gasteiger partial charge in [0, 0.05) is 11.5 Å². The minimum absolute atomic E-state index is 0.218. The Bertz CT molecular complexity index is 210. The summed E-state index contributed by atoms with van der Waals surface area (Å²) in [4.78, 5) is 10.9. The highest BCUT2D eigenvalue weighted by Gasteiger charge is 2.31. The van der Waals surface area contributed by atoms with Crippen LogP contribution in [0.1, 0.15) is 27.2 Å². The Hall–Kier alpha value is -0.790. The van der Waals surface area contributed by atoms with Gasteiger partial charge in [-0.05, 0) is 11.8 Å². The molecule has 0 radical (unpaired) electrons. The number of ether oxygens (including phenoxy) is 1. The summed E-state index contributed by atoms with van der Waals surface area (Å²) in [5.41, 5.74) is 0.881. The molecular formula is C10H16O2. The third-order valence-electron chi connectivity index (χ3n) is 2.03. The van der Waals surface area contributed by atoms with E-state index in [1.807, 2.05) is 0 Å². The van der Waals surface area contributed by atoms with Crippen molar-refractivity contribution in [3.63, 3.8) is 0 Å². The molecule has 0 N–H and O–H groups in total. The quantitative estimate of drug-likeness (QED) is 0.443. The molecule has 1 aliphatic heterocycles. The number of hydrogen-bond acceptors (Lipinski definition) is 2. The Morgan fingerprint density at radius 1 is 1.58 bits per heavy atom. The van der Waals surface area contributed by atoms with Crippen LogP contribution in [0.5, 0.6) is 0 Å².